The van der Waals surface area contributed by atoms with Crippen LogP contribution in [0.2, 0.25) is 0 Å². The van der Waals surface area contributed by atoms with Crippen LogP contribution in [0, 0.1) is 0 Å². The number of rotatable bonds is 5. The Morgan fingerprint density at radius 1 is 1.15 bits per heavy atom. The summed E-state index contributed by atoms with van der Waals surface area (Å²) in [6, 6.07) is 13.7. The number of nitrogens with zero attached hydrogens (tertiary/aromatic N) is 1. The largest absolute Gasteiger partial charge is 0.497 e. The van der Waals surface area contributed by atoms with Crippen LogP contribution in [0.5, 0.6) is 11.5 Å². The lowest BCUT2D eigenvalue weighted by molar-refractivity contribution is -0.132. The van der Waals surface area contributed by atoms with Gasteiger partial charge >= 0.3 is 0 Å². The summed E-state index contributed by atoms with van der Waals surface area (Å²) in [5.74, 6) is 1.59. The minimum Gasteiger partial charge on any atom is -0.497 e. The molecule has 1 N–H and O–H groups in total. The molecule has 0 spiro atoms. The van der Waals surface area contributed by atoms with Gasteiger partial charge in [-0.2, -0.15) is 0 Å². The van der Waals surface area contributed by atoms with Crippen molar-refractivity contribution in [2.75, 3.05) is 21.3 Å². The molecule has 1 atom stereocenters. The first-order valence-corrected chi connectivity index (χ1v) is 8.38. The molecule has 2 aromatic rings. The van der Waals surface area contributed by atoms with E-state index in [2.05, 4.69) is 17.4 Å². The molecule has 5 nitrogen and oxygen atoms in total. The number of carbonyl (C=O) groups is 1. The number of likely N-dealkylation sites (N-methyl/N-ethyl adjacent to an activating group) is 1. The van der Waals surface area contributed by atoms with Crippen molar-refractivity contribution in [3.63, 3.8) is 0 Å². The maximum Gasteiger partial charge on any atom is 0.240 e. The lowest BCUT2D eigenvalue weighted by Gasteiger charge is -2.29. The van der Waals surface area contributed by atoms with Crippen molar-refractivity contribution in [3.8, 4) is 11.5 Å². The van der Waals surface area contributed by atoms with Gasteiger partial charge < -0.3 is 19.7 Å². The van der Waals surface area contributed by atoms with E-state index in [0.29, 0.717) is 13.0 Å². The molecule has 26 heavy (non-hydrogen) atoms. The number of ether oxygens (including phenoxy) is 2. The highest BCUT2D eigenvalue weighted by Gasteiger charge is 2.26. The minimum atomic E-state index is -0.198. The maximum atomic E-state index is 12.9. The lowest BCUT2D eigenvalue weighted by atomic mass is 9.95. The Bertz CT molecular complexity index is 766. The Labute approximate surface area is 160 Å². The molecule has 0 radical (unpaired) electrons. The summed E-state index contributed by atoms with van der Waals surface area (Å²) < 4.78 is 10.7. The molecule has 0 fully saturated rings. The SMILES string of the molecule is COc1ccc(OC)c(CN(C)C(=O)C2Cc3ccccc3CN2)c1.Cl. The van der Waals surface area contributed by atoms with Crippen molar-refractivity contribution in [3.05, 3.63) is 59.2 Å². The molecule has 1 amide bonds. The summed E-state index contributed by atoms with van der Waals surface area (Å²) >= 11 is 0. The Kier molecular flexibility index (Phi) is 6.89. The summed E-state index contributed by atoms with van der Waals surface area (Å²) in [5.41, 5.74) is 3.43. The fourth-order valence-corrected chi connectivity index (χ4v) is 3.23. The molecule has 0 aliphatic carbocycles. The zero-order valence-electron chi connectivity index (χ0n) is 15.3. The van der Waals surface area contributed by atoms with Crippen LogP contribution in [0.4, 0.5) is 0 Å². The molecule has 2 aromatic carbocycles. The molecule has 0 saturated carbocycles. The van der Waals surface area contributed by atoms with E-state index >= 15 is 0 Å². The van der Waals surface area contributed by atoms with Gasteiger partial charge in [-0.15, -0.1) is 12.4 Å². The van der Waals surface area contributed by atoms with E-state index in [1.807, 2.05) is 37.4 Å². The normalized spacial score (nSPS) is 15.4. The van der Waals surface area contributed by atoms with Crippen LogP contribution in [0.15, 0.2) is 42.5 Å². The molecule has 1 heterocycles. The van der Waals surface area contributed by atoms with Crippen LogP contribution in [0.1, 0.15) is 16.7 Å². The molecule has 0 aromatic heterocycles. The van der Waals surface area contributed by atoms with Gasteiger partial charge in [-0.05, 0) is 35.7 Å². The Balaban J connectivity index is 0.00000243. The van der Waals surface area contributed by atoms with E-state index in [4.69, 9.17) is 9.47 Å². The van der Waals surface area contributed by atoms with Gasteiger partial charge in [0, 0.05) is 25.7 Å². The molecule has 3 rings (SSSR count). The standard InChI is InChI=1S/C20H24N2O3.ClH/c1-22(13-16-10-17(24-2)8-9-19(16)25-3)20(23)18-11-14-6-4-5-7-15(14)12-21-18;/h4-10,18,21H,11-13H2,1-3H3;1H. The summed E-state index contributed by atoms with van der Waals surface area (Å²) in [4.78, 5) is 14.6. The van der Waals surface area contributed by atoms with E-state index in [0.717, 1.165) is 23.6 Å². The van der Waals surface area contributed by atoms with E-state index in [-0.39, 0.29) is 24.4 Å². The predicted octanol–water partition coefficient (Wildman–Crippen LogP) is 2.80. The zero-order valence-corrected chi connectivity index (χ0v) is 16.1. The van der Waals surface area contributed by atoms with E-state index in [9.17, 15) is 4.79 Å². The topological polar surface area (TPSA) is 50.8 Å². The van der Waals surface area contributed by atoms with Crippen LogP contribution in [0.25, 0.3) is 0 Å². The fourth-order valence-electron chi connectivity index (χ4n) is 3.23. The third-order valence-corrected chi connectivity index (χ3v) is 4.65. The molecule has 140 valence electrons. The van der Waals surface area contributed by atoms with Gasteiger partial charge in [0.2, 0.25) is 5.91 Å². The van der Waals surface area contributed by atoms with Gasteiger partial charge in [0.05, 0.1) is 20.3 Å². The van der Waals surface area contributed by atoms with Gasteiger partial charge in [-0.3, -0.25) is 4.79 Å². The van der Waals surface area contributed by atoms with Crippen LogP contribution >= 0.6 is 12.4 Å². The smallest absolute Gasteiger partial charge is 0.240 e. The van der Waals surface area contributed by atoms with Crippen LogP contribution < -0.4 is 14.8 Å². The first kappa shape index (κ1) is 20.1. The third kappa shape index (κ3) is 4.29. The van der Waals surface area contributed by atoms with Crippen molar-refractivity contribution in [2.24, 2.45) is 0 Å². The van der Waals surface area contributed by atoms with Gasteiger partial charge in [-0.1, -0.05) is 24.3 Å². The summed E-state index contributed by atoms with van der Waals surface area (Å²) in [6.45, 7) is 1.20. The van der Waals surface area contributed by atoms with Gasteiger partial charge in [-0.25, -0.2) is 0 Å². The molecule has 0 saturated heterocycles. The van der Waals surface area contributed by atoms with Crippen molar-refractivity contribution in [1.82, 2.24) is 10.2 Å². The second kappa shape index (κ2) is 8.92. The van der Waals surface area contributed by atoms with Gasteiger partial charge in [0.1, 0.15) is 11.5 Å². The number of nitrogens with one attached hydrogen (secondary N) is 1. The number of hydrogen-bond donors (Lipinski definition) is 1. The monoisotopic (exact) mass is 376 g/mol. The fraction of sp³-hybridized carbons (Fsp3) is 0.350. The van der Waals surface area contributed by atoms with Crippen LogP contribution in [-0.2, 0) is 24.3 Å². The number of benzene rings is 2. The number of methoxy groups -OCH3 is 2. The first-order valence-electron chi connectivity index (χ1n) is 8.38. The lowest BCUT2D eigenvalue weighted by Crippen LogP contribution is -2.48. The van der Waals surface area contributed by atoms with Crippen molar-refractivity contribution < 1.29 is 14.3 Å². The second-order valence-electron chi connectivity index (χ2n) is 6.28. The Morgan fingerprint density at radius 2 is 1.88 bits per heavy atom. The Morgan fingerprint density at radius 3 is 2.58 bits per heavy atom. The highest BCUT2D eigenvalue weighted by Crippen LogP contribution is 2.25. The molecule has 1 aliphatic heterocycles. The molecule has 1 aliphatic rings. The maximum absolute atomic E-state index is 12.9. The molecule has 6 heteroatoms. The van der Waals surface area contributed by atoms with E-state index < -0.39 is 0 Å². The molecule has 0 bridgehead atoms. The van der Waals surface area contributed by atoms with Crippen LogP contribution in [0.3, 0.4) is 0 Å². The minimum absolute atomic E-state index is 0. The van der Waals surface area contributed by atoms with E-state index in [1.165, 1.54) is 11.1 Å². The van der Waals surface area contributed by atoms with Crippen LogP contribution in [-0.4, -0.2) is 38.1 Å². The molecule has 1 unspecified atom stereocenters. The number of fused-ring (bicyclic) bond motifs is 1. The number of carbonyl (C=O) groups excluding carboxylic acids is 1. The zero-order chi connectivity index (χ0) is 17.8. The molecular formula is C20H25ClN2O3. The van der Waals surface area contributed by atoms with Crippen molar-refractivity contribution in [1.29, 1.82) is 0 Å². The average molecular weight is 377 g/mol. The molecular weight excluding hydrogens is 352 g/mol. The number of halogens is 1. The predicted molar refractivity (Wildman–Crippen MR) is 104 cm³/mol. The summed E-state index contributed by atoms with van der Waals surface area (Å²) in [6.07, 6.45) is 0.717. The van der Waals surface area contributed by atoms with Gasteiger partial charge in [0.25, 0.3) is 0 Å². The second-order valence-corrected chi connectivity index (χ2v) is 6.28. The first-order chi connectivity index (χ1) is 12.1. The number of amides is 1. The third-order valence-electron chi connectivity index (χ3n) is 4.65. The number of hydrogen-bond acceptors (Lipinski definition) is 4. The quantitative estimate of drug-likeness (QED) is 0.871. The summed E-state index contributed by atoms with van der Waals surface area (Å²) in [7, 11) is 5.08. The highest BCUT2D eigenvalue weighted by molar-refractivity contribution is 5.85. The highest BCUT2D eigenvalue weighted by atomic mass is 35.5. The summed E-state index contributed by atoms with van der Waals surface area (Å²) in [5, 5.41) is 3.35. The van der Waals surface area contributed by atoms with Crippen molar-refractivity contribution >= 4 is 18.3 Å². The average Bonchev–Trinajstić information content (AvgIpc) is 2.66. The van der Waals surface area contributed by atoms with Crippen molar-refractivity contribution in [2.45, 2.75) is 25.6 Å². The van der Waals surface area contributed by atoms with Gasteiger partial charge in [0.15, 0.2) is 0 Å². The Hall–Kier alpha value is -2.24. The van der Waals surface area contributed by atoms with E-state index in [1.54, 1.807) is 19.1 Å².